The molecule has 82 valence electrons. The number of nitrogens with one attached hydrogen (secondary N) is 1. The molecule has 0 saturated heterocycles. The molecule has 1 aliphatic heterocycles. The van der Waals surface area contributed by atoms with E-state index in [-0.39, 0.29) is 6.10 Å². The molecule has 0 radical (unpaired) electrons. The lowest BCUT2D eigenvalue weighted by Gasteiger charge is -2.31. The van der Waals surface area contributed by atoms with E-state index in [0.717, 1.165) is 13.0 Å². The SMILES string of the molecule is CCO[C@@H]1C[C@@H](C)Nc2cc(C)ccc21. The van der Waals surface area contributed by atoms with E-state index in [1.165, 1.54) is 16.8 Å². The zero-order chi connectivity index (χ0) is 10.8. The van der Waals surface area contributed by atoms with Crippen molar-refractivity contribution in [1.82, 2.24) is 0 Å². The fourth-order valence-corrected chi connectivity index (χ4v) is 2.21. The summed E-state index contributed by atoms with van der Waals surface area (Å²) >= 11 is 0. The quantitative estimate of drug-likeness (QED) is 0.800. The van der Waals surface area contributed by atoms with Gasteiger partial charge in [0, 0.05) is 23.9 Å². The van der Waals surface area contributed by atoms with Crippen LogP contribution in [0, 0.1) is 6.92 Å². The highest BCUT2D eigenvalue weighted by Crippen LogP contribution is 2.35. The van der Waals surface area contributed by atoms with E-state index < -0.39 is 0 Å². The van der Waals surface area contributed by atoms with Crippen molar-refractivity contribution in [2.45, 2.75) is 39.3 Å². The van der Waals surface area contributed by atoms with Gasteiger partial charge in [-0.15, -0.1) is 0 Å². The van der Waals surface area contributed by atoms with Gasteiger partial charge in [0.1, 0.15) is 0 Å². The van der Waals surface area contributed by atoms with Crippen LogP contribution in [-0.2, 0) is 4.74 Å². The summed E-state index contributed by atoms with van der Waals surface area (Å²) < 4.78 is 5.78. The summed E-state index contributed by atoms with van der Waals surface area (Å²) in [5, 5.41) is 3.51. The van der Waals surface area contributed by atoms with Crippen molar-refractivity contribution in [3.63, 3.8) is 0 Å². The maximum Gasteiger partial charge on any atom is 0.0864 e. The predicted octanol–water partition coefficient (Wildman–Crippen LogP) is 3.28. The molecule has 0 aromatic heterocycles. The molecule has 1 aromatic rings. The average Bonchev–Trinajstić information content (AvgIpc) is 2.17. The first-order valence-corrected chi connectivity index (χ1v) is 5.69. The van der Waals surface area contributed by atoms with Crippen molar-refractivity contribution >= 4 is 5.69 Å². The van der Waals surface area contributed by atoms with Gasteiger partial charge >= 0.3 is 0 Å². The van der Waals surface area contributed by atoms with Gasteiger partial charge in [-0.05, 0) is 38.8 Å². The van der Waals surface area contributed by atoms with Crippen molar-refractivity contribution in [3.05, 3.63) is 29.3 Å². The van der Waals surface area contributed by atoms with Crippen LogP contribution in [0.25, 0.3) is 0 Å². The zero-order valence-corrected chi connectivity index (χ0v) is 9.71. The summed E-state index contributed by atoms with van der Waals surface area (Å²) in [6, 6.07) is 7.04. The zero-order valence-electron chi connectivity index (χ0n) is 9.71. The Balaban J connectivity index is 2.33. The van der Waals surface area contributed by atoms with Crippen LogP contribution in [0.15, 0.2) is 18.2 Å². The standard InChI is InChI=1S/C13H19NO/c1-4-15-13-8-10(3)14-12-7-9(2)5-6-11(12)13/h5-7,10,13-14H,4,8H2,1-3H3/t10-,13-/m1/s1. The molecule has 1 N–H and O–H groups in total. The van der Waals surface area contributed by atoms with Crippen LogP contribution in [0.2, 0.25) is 0 Å². The van der Waals surface area contributed by atoms with Crippen LogP contribution in [0.5, 0.6) is 0 Å². The predicted molar refractivity (Wildman–Crippen MR) is 63.2 cm³/mol. The molecule has 2 nitrogen and oxygen atoms in total. The monoisotopic (exact) mass is 205 g/mol. The van der Waals surface area contributed by atoms with Gasteiger partial charge in [0.05, 0.1) is 6.10 Å². The smallest absolute Gasteiger partial charge is 0.0864 e. The molecule has 2 heteroatoms. The third-order valence-corrected chi connectivity index (χ3v) is 2.89. The highest BCUT2D eigenvalue weighted by molar-refractivity contribution is 5.56. The van der Waals surface area contributed by atoms with Gasteiger partial charge in [-0.1, -0.05) is 12.1 Å². The minimum absolute atomic E-state index is 0.266. The van der Waals surface area contributed by atoms with Crippen LogP contribution in [0.4, 0.5) is 5.69 Å². The van der Waals surface area contributed by atoms with Gasteiger partial charge in [0.15, 0.2) is 0 Å². The van der Waals surface area contributed by atoms with Crippen molar-refractivity contribution in [1.29, 1.82) is 0 Å². The largest absolute Gasteiger partial charge is 0.382 e. The Labute approximate surface area is 91.6 Å². The van der Waals surface area contributed by atoms with Crippen molar-refractivity contribution in [2.75, 3.05) is 11.9 Å². The van der Waals surface area contributed by atoms with Crippen LogP contribution in [0.1, 0.15) is 37.5 Å². The Hall–Kier alpha value is -1.02. The van der Waals surface area contributed by atoms with Gasteiger partial charge in [0.2, 0.25) is 0 Å². The van der Waals surface area contributed by atoms with Crippen LogP contribution < -0.4 is 5.32 Å². The molecule has 0 bridgehead atoms. The fraction of sp³-hybridized carbons (Fsp3) is 0.538. The molecule has 0 amide bonds. The molecule has 1 heterocycles. The first-order valence-electron chi connectivity index (χ1n) is 5.69. The minimum atomic E-state index is 0.266. The maximum absolute atomic E-state index is 5.78. The topological polar surface area (TPSA) is 21.3 Å². The number of ether oxygens (including phenoxy) is 1. The average molecular weight is 205 g/mol. The number of benzene rings is 1. The van der Waals surface area contributed by atoms with E-state index in [2.05, 4.69) is 44.3 Å². The van der Waals surface area contributed by atoms with Crippen molar-refractivity contribution in [3.8, 4) is 0 Å². The van der Waals surface area contributed by atoms with Gasteiger partial charge in [-0.25, -0.2) is 0 Å². The lowest BCUT2D eigenvalue weighted by atomic mass is 9.95. The van der Waals surface area contributed by atoms with E-state index in [1.807, 2.05) is 0 Å². The Morgan fingerprint density at radius 1 is 1.47 bits per heavy atom. The first kappa shape index (κ1) is 10.5. The Kier molecular flexibility index (Phi) is 2.96. The molecule has 1 aromatic carbocycles. The molecular weight excluding hydrogens is 186 g/mol. The van der Waals surface area contributed by atoms with Gasteiger partial charge in [-0.2, -0.15) is 0 Å². The maximum atomic E-state index is 5.78. The van der Waals surface area contributed by atoms with E-state index >= 15 is 0 Å². The summed E-state index contributed by atoms with van der Waals surface area (Å²) in [4.78, 5) is 0. The molecular formula is C13H19NO. The highest BCUT2D eigenvalue weighted by atomic mass is 16.5. The number of fused-ring (bicyclic) bond motifs is 1. The summed E-state index contributed by atoms with van der Waals surface area (Å²) in [6.07, 6.45) is 1.33. The van der Waals surface area contributed by atoms with E-state index in [4.69, 9.17) is 4.74 Å². The molecule has 0 saturated carbocycles. The van der Waals surface area contributed by atoms with Gasteiger partial charge < -0.3 is 10.1 Å². The molecule has 2 atom stereocenters. The Morgan fingerprint density at radius 2 is 2.27 bits per heavy atom. The third-order valence-electron chi connectivity index (χ3n) is 2.89. The van der Waals surface area contributed by atoms with E-state index in [1.54, 1.807) is 0 Å². The lowest BCUT2D eigenvalue weighted by Crippen LogP contribution is -2.26. The first-order chi connectivity index (χ1) is 7.20. The van der Waals surface area contributed by atoms with E-state index in [9.17, 15) is 0 Å². The van der Waals surface area contributed by atoms with Gasteiger partial charge in [0.25, 0.3) is 0 Å². The van der Waals surface area contributed by atoms with E-state index in [0.29, 0.717) is 6.04 Å². The summed E-state index contributed by atoms with van der Waals surface area (Å²) in [5.74, 6) is 0. The molecule has 2 rings (SSSR count). The Bertz CT molecular complexity index is 348. The highest BCUT2D eigenvalue weighted by Gasteiger charge is 2.24. The van der Waals surface area contributed by atoms with Crippen molar-refractivity contribution < 1.29 is 4.74 Å². The number of anilines is 1. The molecule has 0 aliphatic carbocycles. The molecule has 1 aliphatic rings. The van der Waals surface area contributed by atoms with Crippen LogP contribution in [0.3, 0.4) is 0 Å². The number of hydrogen-bond acceptors (Lipinski definition) is 2. The summed E-state index contributed by atoms with van der Waals surface area (Å²) in [7, 11) is 0. The number of hydrogen-bond donors (Lipinski definition) is 1. The normalized spacial score (nSPS) is 24.5. The molecule has 15 heavy (non-hydrogen) atoms. The number of rotatable bonds is 2. The van der Waals surface area contributed by atoms with Crippen LogP contribution in [-0.4, -0.2) is 12.6 Å². The fourth-order valence-electron chi connectivity index (χ4n) is 2.21. The second-order valence-electron chi connectivity index (χ2n) is 4.32. The third kappa shape index (κ3) is 2.15. The lowest BCUT2D eigenvalue weighted by molar-refractivity contribution is 0.0512. The Morgan fingerprint density at radius 3 is 3.00 bits per heavy atom. The summed E-state index contributed by atoms with van der Waals surface area (Å²) in [5.41, 5.74) is 3.85. The minimum Gasteiger partial charge on any atom is -0.382 e. The molecule has 0 fully saturated rings. The van der Waals surface area contributed by atoms with Gasteiger partial charge in [-0.3, -0.25) is 0 Å². The summed E-state index contributed by atoms with van der Waals surface area (Å²) in [6.45, 7) is 7.17. The second kappa shape index (κ2) is 4.23. The molecule has 0 spiro atoms. The number of aryl methyl sites for hydroxylation is 1. The second-order valence-corrected chi connectivity index (χ2v) is 4.32. The van der Waals surface area contributed by atoms with Crippen molar-refractivity contribution in [2.24, 2.45) is 0 Å². The van der Waals surface area contributed by atoms with Crippen LogP contribution >= 0.6 is 0 Å². The molecule has 0 unspecified atom stereocenters.